The predicted octanol–water partition coefficient (Wildman–Crippen LogP) is 2.07. The lowest BCUT2D eigenvalue weighted by molar-refractivity contribution is -0.144. The summed E-state index contributed by atoms with van der Waals surface area (Å²) in [5.74, 6) is 0.0531. The standard InChI is InChI=1S/C11H9BrN2O/c12-10-4-2-1-3-8(10)7-14-9(6-13)5-11(14)15/h1-4,9H,5,7H2/t9-/m0/s1. The number of hydrogen-bond acceptors (Lipinski definition) is 2. The number of amides is 1. The van der Waals surface area contributed by atoms with Crippen LogP contribution in [0.5, 0.6) is 0 Å². The van der Waals surface area contributed by atoms with E-state index in [1.165, 1.54) is 0 Å². The molecule has 3 nitrogen and oxygen atoms in total. The quantitative estimate of drug-likeness (QED) is 0.768. The second-order valence-corrected chi connectivity index (χ2v) is 4.32. The van der Waals surface area contributed by atoms with Gasteiger partial charge >= 0.3 is 0 Å². The summed E-state index contributed by atoms with van der Waals surface area (Å²) >= 11 is 3.42. The van der Waals surface area contributed by atoms with E-state index >= 15 is 0 Å². The first-order chi connectivity index (χ1) is 7.22. The summed E-state index contributed by atoms with van der Waals surface area (Å²) in [4.78, 5) is 12.9. The van der Waals surface area contributed by atoms with E-state index in [1.54, 1.807) is 4.90 Å². The van der Waals surface area contributed by atoms with Gasteiger partial charge in [0.25, 0.3) is 0 Å². The monoisotopic (exact) mass is 264 g/mol. The lowest BCUT2D eigenvalue weighted by Crippen LogP contribution is -2.51. The molecule has 0 bridgehead atoms. The first kappa shape index (κ1) is 10.2. The highest BCUT2D eigenvalue weighted by Gasteiger charge is 2.35. The molecule has 0 spiro atoms. The fourth-order valence-corrected chi connectivity index (χ4v) is 1.99. The van der Waals surface area contributed by atoms with Gasteiger partial charge in [-0.1, -0.05) is 34.1 Å². The van der Waals surface area contributed by atoms with Crippen molar-refractivity contribution in [1.29, 1.82) is 5.26 Å². The van der Waals surface area contributed by atoms with Gasteiger partial charge in [-0.2, -0.15) is 5.26 Å². The van der Waals surface area contributed by atoms with Crippen molar-refractivity contribution in [1.82, 2.24) is 4.90 Å². The smallest absolute Gasteiger partial charge is 0.227 e. The van der Waals surface area contributed by atoms with E-state index in [2.05, 4.69) is 22.0 Å². The van der Waals surface area contributed by atoms with E-state index < -0.39 is 0 Å². The minimum atomic E-state index is -0.246. The van der Waals surface area contributed by atoms with Crippen LogP contribution in [0.15, 0.2) is 28.7 Å². The zero-order valence-corrected chi connectivity index (χ0v) is 9.57. The minimum absolute atomic E-state index is 0.0531. The lowest BCUT2D eigenvalue weighted by Gasteiger charge is -2.36. The molecule has 2 rings (SSSR count). The molecule has 0 N–H and O–H groups in total. The van der Waals surface area contributed by atoms with Crippen molar-refractivity contribution >= 4 is 21.8 Å². The van der Waals surface area contributed by atoms with E-state index in [1.807, 2.05) is 24.3 Å². The van der Waals surface area contributed by atoms with Crippen LogP contribution >= 0.6 is 15.9 Å². The van der Waals surface area contributed by atoms with Crippen molar-refractivity contribution < 1.29 is 4.79 Å². The fourth-order valence-electron chi connectivity index (χ4n) is 1.58. The third-order valence-corrected chi connectivity index (χ3v) is 3.29. The third-order valence-electron chi connectivity index (χ3n) is 2.51. The van der Waals surface area contributed by atoms with Gasteiger partial charge in [-0.25, -0.2) is 0 Å². The van der Waals surface area contributed by atoms with E-state index in [-0.39, 0.29) is 11.9 Å². The molecule has 0 aliphatic carbocycles. The highest BCUT2D eigenvalue weighted by molar-refractivity contribution is 9.10. The molecule has 1 aromatic carbocycles. The van der Waals surface area contributed by atoms with Crippen molar-refractivity contribution in [2.75, 3.05) is 0 Å². The molecule has 1 saturated heterocycles. The SMILES string of the molecule is N#C[C@@H]1CC(=O)N1Cc1ccccc1Br. The highest BCUT2D eigenvalue weighted by Crippen LogP contribution is 2.24. The van der Waals surface area contributed by atoms with Crippen LogP contribution in [0, 0.1) is 11.3 Å². The van der Waals surface area contributed by atoms with Crippen molar-refractivity contribution in [3.63, 3.8) is 0 Å². The molecule has 1 fully saturated rings. The topological polar surface area (TPSA) is 44.1 Å². The number of hydrogen-bond donors (Lipinski definition) is 0. The molecule has 0 aromatic heterocycles. The molecule has 0 radical (unpaired) electrons. The number of likely N-dealkylation sites (tertiary alicyclic amines) is 1. The van der Waals surface area contributed by atoms with Gasteiger partial charge in [0.05, 0.1) is 12.5 Å². The largest absolute Gasteiger partial charge is 0.322 e. The Morgan fingerprint density at radius 3 is 2.87 bits per heavy atom. The van der Waals surface area contributed by atoms with Gasteiger partial charge < -0.3 is 4.90 Å². The second-order valence-electron chi connectivity index (χ2n) is 3.46. The zero-order chi connectivity index (χ0) is 10.8. The molecule has 1 atom stereocenters. The molecule has 1 aliphatic heterocycles. The number of nitriles is 1. The number of halogens is 1. The van der Waals surface area contributed by atoms with E-state index in [0.717, 1.165) is 10.0 Å². The highest BCUT2D eigenvalue weighted by atomic mass is 79.9. The second kappa shape index (κ2) is 4.03. The van der Waals surface area contributed by atoms with Crippen LogP contribution in [0.4, 0.5) is 0 Å². The average Bonchev–Trinajstić information content (AvgIpc) is 2.24. The molecule has 4 heteroatoms. The maximum atomic E-state index is 11.3. The summed E-state index contributed by atoms with van der Waals surface area (Å²) < 4.78 is 0.974. The Morgan fingerprint density at radius 1 is 1.53 bits per heavy atom. The van der Waals surface area contributed by atoms with E-state index in [9.17, 15) is 4.79 Å². The summed E-state index contributed by atoms with van der Waals surface area (Å²) in [6, 6.07) is 9.59. The van der Waals surface area contributed by atoms with Gasteiger partial charge in [-0.3, -0.25) is 4.79 Å². The minimum Gasteiger partial charge on any atom is -0.322 e. The molecule has 1 aliphatic rings. The maximum absolute atomic E-state index is 11.3. The van der Waals surface area contributed by atoms with Crippen LogP contribution in [0.1, 0.15) is 12.0 Å². The van der Waals surface area contributed by atoms with Crippen molar-refractivity contribution in [3.8, 4) is 6.07 Å². The Hall–Kier alpha value is -1.34. The molecular formula is C11H9BrN2O. The average molecular weight is 265 g/mol. The Morgan fingerprint density at radius 2 is 2.27 bits per heavy atom. The molecule has 1 amide bonds. The third kappa shape index (κ3) is 1.88. The number of carbonyl (C=O) groups excluding carboxylic acids is 1. The summed E-state index contributed by atoms with van der Waals surface area (Å²) in [7, 11) is 0. The summed E-state index contributed by atoms with van der Waals surface area (Å²) in [6.45, 7) is 0.512. The normalized spacial score (nSPS) is 19.6. The van der Waals surface area contributed by atoms with Crippen LogP contribution in [-0.2, 0) is 11.3 Å². The molecule has 15 heavy (non-hydrogen) atoms. The van der Waals surface area contributed by atoms with Gasteiger partial charge in [-0.15, -0.1) is 0 Å². The van der Waals surface area contributed by atoms with Crippen LogP contribution < -0.4 is 0 Å². The van der Waals surface area contributed by atoms with E-state index in [4.69, 9.17) is 5.26 Å². The summed E-state index contributed by atoms with van der Waals surface area (Å²) in [6.07, 6.45) is 0.362. The van der Waals surface area contributed by atoms with Crippen molar-refractivity contribution in [2.45, 2.75) is 19.0 Å². The number of benzene rings is 1. The molecule has 1 heterocycles. The van der Waals surface area contributed by atoms with Gasteiger partial charge in [-0.05, 0) is 11.6 Å². The van der Waals surface area contributed by atoms with Crippen LogP contribution in [0.3, 0.4) is 0 Å². The van der Waals surface area contributed by atoms with Gasteiger partial charge in [0, 0.05) is 11.0 Å². The first-order valence-electron chi connectivity index (χ1n) is 4.65. The Labute approximate surface area is 96.4 Å². The molecule has 0 unspecified atom stereocenters. The fraction of sp³-hybridized carbons (Fsp3) is 0.273. The lowest BCUT2D eigenvalue weighted by atomic mass is 10.0. The van der Waals surface area contributed by atoms with Crippen molar-refractivity contribution in [2.24, 2.45) is 0 Å². The van der Waals surface area contributed by atoms with Crippen LogP contribution in [0.2, 0.25) is 0 Å². The number of nitrogens with zero attached hydrogens (tertiary/aromatic N) is 2. The van der Waals surface area contributed by atoms with Crippen molar-refractivity contribution in [3.05, 3.63) is 34.3 Å². The first-order valence-corrected chi connectivity index (χ1v) is 5.44. The van der Waals surface area contributed by atoms with Gasteiger partial charge in [0.1, 0.15) is 6.04 Å². The number of rotatable bonds is 2. The Kier molecular flexibility index (Phi) is 2.74. The molecule has 0 saturated carbocycles. The van der Waals surface area contributed by atoms with Gasteiger partial charge in [0.15, 0.2) is 0 Å². The van der Waals surface area contributed by atoms with Gasteiger partial charge in [0.2, 0.25) is 5.91 Å². The predicted molar refractivity (Wildman–Crippen MR) is 58.7 cm³/mol. The summed E-state index contributed by atoms with van der Waals surface area (Å²) in [5, 5.41) is 8.77. The van der Waals surface area contributed by atoms with Crippen LogP contribution in [-0.4, -0.2) is 16.8 Å². The summed E-state index contributed by atoms with van der Waals surface area (Å²) in [5.41, 5.74) is 1.03. The number of carbonyl (C=O) groups is 1. The van der Waals surface area contributed by atoms with Crippen LogP contribution in [0.25, 0.3) is 0 Å². The Bertz CT molecular complexity index is 438. The number of β-lactam (4-membered cyclic amide) rings is 1. The molecular weight excluding hydrogens is 256 g/mol. The Balaban J connectivity index is 2.13. The zero-order valence-electron chi connectivity index (χ0n) is 7.98. The maximum Gasteiger partial charge on any atom is 0.227 e. The van der Waals surface area contributed by atoms with E-state index in [0.29, 0.717) is 13.0 Å². The molecule has 76 valence electrons. The molecule has 1 aromatic rings.